The fraction of sp³-hybridized carbons (Fsp3) is 0.276. The minimum atomic E-state index is -4.52. The van der Waals surface area contributed by atoms with E-state index < -0.39 is 17.6 Å². The van der Waals surface area contributed by atoms with Crippen LogP contribution in [0.15, 0.2) is 61.1 Å². The van der Waals surface area contributed by atoms with Crippen LogP contribution >= 0.6 is 0 Å². The van der Waals surface area contributed by atoms with E-state index in [2.05, 4.69) is 32.1 Å². The molecule has 1 aliphatic heterocycles. The van der Waals surface area contributed by atoms with Crippen molar-refractivity contribution in [3.8, 4) is 11.8 Å². The summed E-state index contributed by atoms with van der Waals surface area (Å²) in [5.41, 5.74) is 3.02. The standard InChI is InChI=1S/C29H26F3N5O/c1-20-5-7-24(15-23(20)8-6-21-17-33-27-9-10-34-37(27)19-21)28(38)35-26-14-22(13-25(16-26)29(30,31)32)18-36-11-3-2-4-12-36/h5,7,9-10,13-17,19H,2-4,11-12,18H2,1H3,(H,35,38). The second-order valence-corrected chi connectivity index (χ2v) is 9.46. The number of carbonyl (C=O) groups excluding carboxylic acids is 1. The van der Waals surface area contributed by atoms with Gasteiger partial charge in [-0.15, -0.1) is 0 Å². The number of alkyl halides is 3. The average Bonchev–Trinajstić information content (AvgIpc) is 3.36. The highest BCUT2D eigenvalue weighted by Crippen LogP contribution is 2.33. The number of anilines is 1. The number of fused-ring (bicyclic) bond motifs is 1. The number of likely N-dealkylation sites (tertiary alicyclic amines) is 1. The van der Waals surface area contributed by atoms with Crippen LogP contribution in [0.5, 0.6) is 0 Å². The molecule has 0 radical (unpaired) electrons. The molecule has 9 heteroatoms. The monoisotopic (exact) mass is 517 g/mol. The number of hydrogen-bond acceptors (Lipinski definition) is 4. The van der Waals surface area contributed by atoms with Gasteiger partial charge in [0.1, 0.15) is 0 Å². The van der Waals surface area contributed by atoms with Gasteiger partial charge in [0.05, 0.1) is 17.3 Å². The van der Waals surface area contributed by atoms with E-state index in [0.29, 0.717) is 34.4 Å². The SMILES string of the molecule is Cc1ccc(C(=O)Nc2cc(CN3CCCCC3)cc(C(F)(F)F)c2)cc1C#Cc1cnc2ccnn2c1. The summed E-state index contributed by atoms with van der Waals surface area (Å²) in [4.78, 5) is 19.5. The minimum Gasteiger partial charge on any atom is -0.322 e. The molecule has 1 fully saturated rings. The number of aromatic nitrogens is 3. The number of benzene rings is 2. The molecule has 1 amide bonds. The van der Waals surface area contributed by atoms with Gasteiger partial charge in [0.2, 0.25) is 0 Å². The van der Waals surface area contributed by atoms with Gasteiger partial charge in [-0.25, -0.2) is 9.50 Å². The summed E-state index contributed by atoms with van der Waals surface area (Å²) in [6.07, 6.45) is 3.75. The Hall–Kier alpha value is -4.16. The second kappa shape index (κ2) is 10.7. The highest BCUT2D eigenvalue weighted by Gasteiger charge is 2.31. The van der Waals surface area contributed by atoms with Crippen LogP contribution in [0.1, 0.15) is 57.4 Å². The van der Waals surface area contributed by atoms with E-state index in [1.54, 1.807) is 53.4 Å². The predicted octanol–water partition coefficient (Wildman–Crippen LogP) is 5.69. The van der Waals surface area contributed by atoms with Crippen molar-refractivity contribution in [3.05, 3.63) is 94.4 Å². The van der Waals surface area contributed by atoms with Crippen LogP contribution in [-0.4, -0.2) is 38.5 Å². The number of nitrogens with zero attached hydrogens (tertiary/aromatic N) is 4. The second-order valence-electron chi connectivity index (χ2n) is 9.46. The van der Waals surface area contributed by atoms with Crippen LogP contribution in [-0.2, 0) is 12.7 Å². The number of carbonyl (C=O) groups is 1. The third kappa shape index (κ3) is 6.03. The fourth-order valence-corrected chi connectivity index (χ4v) is 4.51. The molecule has 194 valence electrons. The Balaban J connectivity index is 1.37. The molecule has 6 nitrogen and oxygen atoms in total. The molecule has 4 aromatic rings. The van der Waals surface area contributed by atoms with E-state index in [0.717, 1.165) is 44.0 Å². The van der Waals surface area contributed by atoms with Gasteiger partial charge in [0.15, 0.2) is 5.65 Å². The maximum absolute atomic E-state index is 13.6. The Kier molecular flexibility index (Phi) is 7.16. The highest BCUT2D eigenvalue weighted by molar-refractivity contribution is 6.04. The molecule has 0 atom stereocenters. The first-order valence-corrected chi connectivity index (χ1v) is 12.4. The normalized spacial score (nSPS) is 14.2. The van der Waals surface area contributed by atoms with Gasteiger partial charge in [-0.1, -0.05) is 24.3 Å². The molecule has 2 aromatic heterocycles. The molecule has 0 saturated carbocycles. The van der Waals surface area contributed by atoms with Crippen molar-refractivity contribution in [2.24, 2.45) is 0 Å². The molecule has 0 bridgehead atoms. The number of nitrogens with one attached hydrogen (secondary N) is 1. The van der Waals surface area contributed by atoms with Crippen molar-refractivity contribution in [1.82, 2.24) is 19.5 Å². The number of amides is 1. The summed E-state index contributed by atoms with van der Waals surface area (Å²) < 4.78 is 42.5. The first-order valence-electron chi connectivity index (χ1n) is 12.4. The number of hydrogen-bond donors (Lipinski definition) is 1. The Morgan fingerprint density at radius 3 is 2.66 bits per heavy atom. The molecule has 1 aliphatic rings. The van der Waals surface area contributed by atoms with Crippen molar-refractivity contribution in [2.75, 3.05) is 18.4 Å². The van der Waals surface area contributed by atoms with E-state index in [4.69, 9.17) is 0 Å². The Bertz CT molecular complexity index is 1540. The van der Waals surface area contributed by atoms with E-state index in [1.165, 1.54) is 6.07 Å². The first kappa shape index (κ1) is 25.5. The van der Waals surface area contributed by atoms with Gasteiger partial charge in [-0.2, -0.15) is 18.3 Å². The zero-order valence-corrected chi connectivity index (χ0v) is 20.8. The lowest BCUT2D eigenvalue weighted by atomic mass is 10.0. The zero-order chi connectivity index (χ0) is 26.7. The first-order chi connectivity index (χ1) is 18.2. The molecule has 5 rings (SSSR count). The Labute approximate surface area is 218 Å². The summed E-state index contributed by atoms with van der Waals surface area (Å²) >= 11 is 0. The molecular weight excluding hydrogens is 491 g/mol. The van der Waals surface area contributed by atoms with Gasteiger partial charge in [0.25, 0.3) is 5.91 Å². The summed E-state index contributed by atoms with van der Waals surface area (Å²) in [6, 6.07) is 10.6. The van der Waals surface area contributed by atoms with Crippen molar-refractivity contribution in [1.29, 1.82) is 0 Å². The number of halogens is 3. The largest absolute Gasteiger partial charge is 0.416 e. The van der Waals surface area contributed by atoms with Crippen LogP contribution in [0, 0.1) is 18.8 Å². The highest BCUT2D eigenvalue weighted by atomic mass is 19.4. The van der Waals surface area contributed by atoms with Gasteiger partial charge in [-0.3, -0.25) is 9.69 Å². The van der Waals surface area contributed by atoms with E-state index in [9.17, 15) is 18.0 Å². The fourth-order valence-electron chi connectivity index (χ4n) is 4.51. The van der Waals surface area contributed by atoms with E-state index in [1.807, 2.05) is 6.92 Å². The average molecular weight is 518 g/mol. The molecule has 3 heterocycles. The van der Waals surface area contributed by atoms with Crippen molar-refractivity contribution in [3.63, 3.8) is 0 Å². The van der Waals surface area contributed by atoms with Gasteiger partial charge in [0, 0.05) is 41.8 Å². The molecule has 1 saturated heterocycles. The summed E-state index contributed by atoms with van der Waals surface area (Å²) in [5, 5.41) is 6.81. The van der Waals surface area contributed by atoms with Crippen molar-refractivity contribution >= 4 is 17.2 Å². The van der Waals surface area contributed by atoms with Crippen molar-refractivity contribution < 1.29 is 18.0 Å². The lowest BCUT2D eigenvalue weighted by Gasteiger charge is -2.27. The predicted molar refractivity (Wildman–Crippen MR) is 139 cm³/mol. The van der Waals surface area contributed by atoms with Gasteiger partial charge >= 0.3 is 6.18 Å². The third-order valence-electron chi connectivity index (χ3n) is 6.52. The number of aryl methyl sites for hydroxylation is 1. The molecule has 2 aromatic carbocycles. The Morgan fingerprint density at radius 1 is 1.05 bits per heavy atom. The zero-order valence-electron chi connectivity index (χ0n) is 20.8. The van der Waals surface area contributed by atoms with Crippen LogP contribution in [0.2, 0.25) is 0 Å². The smallest absolute Gasteiger partial charge is 0.322 e. The summed E-state index contributed by atoms with van der Waals surface area (Å²) in [5.74, 6) is 5.59. The third-order valence-corrected chi connectivity index (χ3v) is 6.52. The lowest BCUT2D eigenvalue weighted by Crippen LogP contribution is -2.29. The quantitative estimate of drug-likeness (QED) is 0.353. The van der Waals surface area contributed by atoms with Crippen LogP contribution in [0.3, 0.4) is 0 Å². The van der Waals surface area contributed by atoms with E-state index in [-0.39, 0.29) is 5.69 Å². The molecule has 38 heavy (non-hydrogen) atoms. The molecule has 1 N–H and O–H groups in total. The van der Waals surface area contributed by atoms with Gasteiger partial charge in [-0.05, 0) is 74.3 Å². The maximum Gasteiger partial charge on any atom is 0.416 e. The molecule has 0 spiro atoms. The summed E-state index contributed by atoms with van der Waals surface area (Å²) in [7, 11) is 0. The lowest BCUT2D eigenvalue weighted by molar-refractivity contribution is -0.137. The molecular formula is C29H26F3N5O. The van der Waals surface area contributed by atoms with E-state index >= 15 is 0 Å². The molecule has 0 unspecified atom stereocenters. The topological polar surface area (TPSA) is 62.5 Å². The van der Waals surface area contributed by atoms with Crippen LogP contribution in [0.4, 0.5) is 18.9 Å². The molecule has 0 aliphatic carbocycles. The van der Waals surface area contributed by atoms with Crippen LogP contribution < -0.4 is 5.32 Å². The minimum absolute atomic E-state index is 0.114. The number of piperidine rings is 1. The van der Waals surface area contributed by atoms with Gasteiger partial charge < -0.3 is 5.32 Å². The van der Waals surface area contributed by atoms with Crippen molar-refractivity contribution in [2.45, 2.75) is 38.9 Å². The number of rotatable bonds is 4. The Morgan fingerprint density at radius 2 is 1.87 bits per heavy atom. The summed E-state index contributed by atoms with van der Waals surface area (Å²) in [6.45, 7) is 4.00. The van der Waals surface area contributed by atoms with Crippen LogP contribution in [0.25, 0.3) is 5.65 Å². The maximum atomic E-state index is 13.6.